The van der Waals surface area contributed by atoms with Crippen molar-refractivity contribution in [1.82, 2.24) is 9.55 Å². The van der Waals surface area contributed by atoms with Crippen LogP contribution in [0.3, 0.4) is 0 Å². The number of aryl methyl sites for hydroxylation is 2. The monoisotopic (exact) mass is 417 g/mol. The third-order valence-corrected chi connectivity index (χ3v) is 6.11. The van der Waals surface area contributed by atoms with E-state index in [1.54, 1.807) is 0 Å². The summed E-state index contributed by atoms with van der Waals surface area (Å²) in [4.78, 5) is 30.9. The predicted octanol–water partition coefficient (Wildman–Crippen LogP) is 4.89. The molecule has 0 atom stereocenters. The van der Waals surface area contributed by atoms with Crippen molar-refractivity contribution in [3.63, 3.8) is 0 Å². The molecule has 0 aliphatic rings. The van der Waals surface area contributed by atoms with Crippen molar-refractivity contribution in [2.75, 3.05) is 5.32 Å². The first kappa shape index (κ1) is 20.0. The second kappa shape index (κ2) is 8.63. The van der Waals surface area contributed by atoms with Crippen molar-refractivity contribution in [1.29, 1.82) is 0 Å². The molecule has 0 bridgehead atoms. The summed E-state index contributed by atoms with van der Waals surface area (Å²) in [6.45, 7) is 4.07. The highest BCUT2D eigenvalue weighted by molar-refractivity contribution is 7.17. The van der Waals surface area contributed by atoms with E-state index in [1.165, 1.54) is 27.8 Å². The topological polar surface area (TPSA) is 64.0 Å². The Kier molecular flexibility index (Phi) is 5.77. The average Bonchev–Trinajstić information content (AvgIpc) is 3.21. The first-order valence-corrected chi connectivity index (χ1v) is 10.9. The highest BCUT2D eigenvalue weighted by Crippen LogP contribution is 2.30. The lowest BCUT2D eigenvalue weighted by Gasteiger charge is -2.11. The summed E-state index contributed by atoms with van der Waals surface area (Å²) in [5.41, 5.74) is 4.73. The minimum Gasteiger partial charge on any atom is -0.324 e. The summed E-state index contributed by atoms with van der Waals surface area (Å²) in [5, 5.41) is 5.44. The molecular weight excluding hydrogens is 394 g/mol. The fraction of sp³-hybridized carbons (Fsp3) is 0.208. The van der Waals surface area contributed by atoms with Gasteiger partial charge in [-0.2, -0.15) is 0 Å². The van der Waals surface area contributed by atoms with Gasteiger partial charge in [-0.3, -0.25) is 14.2 Å². The fourth-order valence-electron chi connectivity index (χ4n) is 3.51. The molecule has 0 aliphatic carbocycles. The molecule has 30 heavy (non-hydrogen) atoms. The molecule has 0 aliphatic heterocycles. The number of carbonyl (C=O) groups excluding carboxylic acids is 1. The van der Waals surface area contributed by atoms with E-state index in [9.17, 15) is 9.59 Å². The molecule has 0 spiro atoms. The van der Waals surface area contributed by atoms with Crippen molar-refractivity contribution in [2.45, 2.75) is 33.2 Å². The molecule has 1 amide bonds. The lowest BCUT2D eigenvalue weighted by Crippen LogP contribution is -2.28. The lowest BCUT2D eigenvalue weighted by molar-refractivity contribution is -0.116. The summed E-state index contributed by atoms with van der Waals surface area (Å²) >= 11 is 1.44. The van der Waals surface area contributed by atoms with Gasteiger partial charge in [-0.05, 0) is 35.6 Å². The molecule has 4 rings (SSSR count). The Labute approximate surface area is 179 Å². The summed E-state index contributed by atoms with van der Waals surface area (Å²) in [7, 11) is 0. The van der Waals surface area contributed by atoms with Gasteiger partial charge < -0.3 is 5.32 Å². The van der Waals surface area contributed by atoms with Crippen molar-refractivity contribution in [3.8, 4) is 11.1 Å². The summed E-state index contributed by atoms with van der Waals surface area (Å²) < 4.78 is 1.38. The third kappa shape index (κ3) is 3.91. The number of fused-ring (bicyclic) bond motifs is 1. The highest BCUT2D eigenvalue weighted by atomic mass is 32.1. The van der Waals surface area contributed by atoms with Crippen LogP contribution in [0.15, 0.2) is 65.0 Å². The molecule has 2 aromatic carbocycles. The molecule has 0 saturated carbocycles. The number of carbonyl (C=O) groups is 1. The van der Waals surface area contributed by atoms with Crippen molar-refractivity contribution in [3.05, 3.63) is 81.7 Å². The van der Waals surface area contributed by atoms with Gasteiger partial charge in [0, 0.05) is 16.6 Å². The van der Waals surface area contributed by atoms with Crippen LogP contribution in [0, 0.1) is 0 Å². The average molecular weight is 418 g/mol. The third-order valence-electron chi connectivity index (χ3n) is 5.22. The van der Waals surface area contributed by atoms with Crippen LogP contribution in [-0.2, 0) is 24.2 Å². The number of rotatable bonds is 6. The Hall–Kier alpha value is -3.25. The first-order chi connectivity index (χ1) is 14.6. The quantitative estimate of drug-likeness (QED) is 0.486. The van der Waals surface area contributed by atoms with E-state index in [-0.39, 0.29) is 18.0 Å². The summed E-state index contributed by atoms with van der Waals surface area (Å²) in [6, 6.07) is 15.9. The second-order valence-corrected chi connectivity index (χ2v) is 7.97. The van der Waals surface area contributed by atoms with Gasteiger partial charge in [0.2, 0.25) is 5.91 Å². The number of amides is 1. The number of hydrogen-bond acceptors (Lipinski definition) is 4. The number of anilines is 1. The minimum absolute atomic E-state index is 0.0795. The molecule has 2 heterocycles. The summed E-state index contributed by atoms with van der Waals surface area (Å²) in [6.07, 6.45) is 3.24. The zero-order valence-electron chi connectivity index (χ0n) is 17.0. The van der Waals surface area contributed by atoms with Gasteiger partial charge >= 0.3 is 0 Å². The van der Waals surface area contributed by atoms with Crippen LogP contribution in [0.5, 0.6) is 0 Å². The number of nitrogens with one attached hydrogen (secondary N) is 1. The second-order valence-electron chi connectivity index (χ2n) is 7.12. The van der Waals surface area contributed by atoms with Crippen molar-refractivity contribution in [2.24, 2.45) is 0 Å². The Balaban J connectivity index is 1.64. The smallest absolute Gasteiger partial charge is 0.263 e. The number of para-hydroxylation sites is 1. The number of aromatic nitrogens is 2. The molecule has 6 heteroatoms. The molecule has 2 aromatic heterocycles. The van der Waals surface area contributed by atoms with Gasteiger partial charge in [0.15, 0.2) is 0 Å². The van der Waals surface area contributed by atoms with Crippen LogP contribution in [0.1, 0.15) is 25.0 Å². The molecule has 0 fully saturated rings. The Bertz CT molecular complexity index is 1260. The van der Waals surface area contributed by atoms with Gasteiger partial charge in [-0.15, -0.1) is 11.3 Å². The first-order valence-electron chi connectivity index (χ1n) is 10.0. The van der Waals surface area contributed by atoms with E-state index in [4.69, 9.17) is 0 Å². The standard InChI is InChI=1S/C24H23N3O2S/c1-3-16-9-11-18(12-10-16)19-14-30-23-22(19)24(29)27(15-25-23)13-21(28)26-20-8-6-5-7-17(20)4-2/h5-12,14-15H,3-4,13H2,1-2H3,(H,26,28). The number of thiophene rings is 1. The Morgan fingerprint density at radius 1 is 1.07 bits per heavy atom. The number of nitrogens with zero attached hydrogens (tertiary/aromatic N) is 2. The molecule has 0 radical (unpaired) electrons. The maximum atomic E-state index is 13.2. The van der Waals surface area contributed by atoms with Gasteiger partial charge in [-0.25, -0.2) is 4.98 Å². The molecule has 0 saturated heterocycles. The maximum Gasteiger partial charge on any atom is 0.263 e. The molecule has 5 nitrogen and oxygen atoms in total. The predicted molar refractivity (Wildman–Crippen MR) is 123 cm³/mol. The normalized spacial score (nSPS) is 11.0. The maximum absolute atomic E-state index is 13.2. The number of benzene rings is 2. The SMILES string of the molecule is CCc1ccc(-c2csc3ncn(CC(=O)Nc4ccccc4CC)c(=O)c23)cc1. The Morgan fingerprint density at radius 2 is 1.83 bits per heavy atom. The molecule has 0 unspecified atom stereocenters. The largest absolute Gasteiger partial charge is 0.324 e. The van der Waals surface area contributed by atoms with Crippen LogP contribution in [0.4, 0.5) is 5.69 Å². The van der Waals surface area contributed by atoms with Crippen molar-refractivity contribution < 1.29 is 4.79 Å². The zero-order valence-corrected chi connectivity index (χ0v) is 17.8. The van der Waals surface area contributed by atoms with E-state index < -0.39 is 0 Å². The molecule has 1 N–H and O–H groups in total. The minimum atomic E-state index is -0.247. The van der Waals surface area contributed by atoms with E-state index in [0.717, 1.165) is 35.2 Å². The number of hydrogen-bond donors (Lipinski definition) is 1. The Morgan fingerprint density at radius 3 is 2.57 bits per heavy atom. The van der Waals surface area contributed by atoms with E-state index in [0.29, 0.717) is 10.2 Å². The van der Waals surface area contributed by atoms with Crippen LogP contribution < -0.4 is 10.9 Å². The summed E-state index contributed by atoms with van der Waals surface area (Å²) in [5.74, 6) is -0.247. The molecular formula is C24H23N3O2S. The molecule has 152 valence electrons. The van der Waals surface area contributed by atoms with Crippen molar-refractivity contribution >= 4 is 33.1 Å². The fourth-order valence-corrected chi connectivity index (χ4v) is 4.41. The van der Waals surface area contributed by atoms with Gasteiger partial charge in [0.05, 0.1) is 11.7 Å². The van der Waals surface area contributed by atoms with Gasteiger partial charge in [0.1, 0.15) is 11.4 Å². The lowest BCUT2D eigenvalue weighted by atomic mass is 10.0. The highest BCUT2D eigenvalue weighted by Gasteiger charge is 2.15. The van der Waals surface area contributed by atoms with Crippen LogP contribution in [-0.4, -0.2) is 15.5 Å². The van der Waals surface area contributed by atoms with Crippen LogP contribution >= 0.6 is 11.3 Å². The molecule has 4 aromatic rings. The van der Waals surface area contributed by atoms with E-state index in [1.807, 2.05) is 48.7 Å². The van der Waals surface area contributed by atoms with Crippen LogP contribution in [0.2, 0.25) is 0 Å². The zero-order chi connectivity index (χ0) is 21.1. The van der Waals surface area contributed by atoms with E-state index in [2.05, 4.69) is 29.4 Å². The van der Waals surface area contributed by atoms with E-state index >= 15 is 0 Å². The van der Waals surface area contributed by atoms with Gasteiger partial charge in [-0.1, -0.05) is 56.3 Å². The van der Waals surface area contributed by atoms with Gasteiger partial charge in [0.25, 0.3) is 5.56 Å². The van der Waals surface area contributed by atoms with Crippen LogP contribution in [0.25, 0.3) is 21.3 Å².